The molecule has 0 aliphatic rings. The Balaban J connectivity index is 1.83. The van der Waals surface area contributed by atoms with E-state index >= 15 is 0 Å². The van der Waals surface area contributed by atoms with E-state index in [9.17, 15) is 4.79 Å². The molecule has 3 aromatic carbocycles. The summed E-state index contributed by atoms with van der Waals surface area (Å²) in [6, 6.07) is 24.0. The topological polar surface area (TPSA) is 50.4 Å². The molecular formula is C23H23ClN2O2. The SMILES string of the molecule is COc1cccc(NC(=O)[C@H](N[C@@H](C)c2cccc(Cl)c2)c2ccccc2)c1. The number of methoxy groups -OCH3 is 1. The number of carbonyl (C=O) groups excluding carboxylic acids is 1. The molecule has 0 aromatic heterocycles. The maximum atomic E-state index is 13.1. The number of benzene rings is 3. The molecule has 0 aliphatic heterocycles. The molecule has 5 heteroatoms. The van der Waals surface area contributed by atoms with E-state index in [1.807, 2.05) is 79.7 Å². The zero-order chi connectivity index (χ0) is 19.9. The van der Waals surface area contributed by atoms with E-state index in [4.69, 9.17) is 16.3 Å². The highest BCUT2D eigenvalue weighted by atomic mass is 35.5. The van der Waals surface area contributed by atoms with Gasteiger partial charge in [0.15, 0.2) is 0 Å². The number of hydrogen-bond donors (Lipinski definition) is 2. The minimum Gasteiger partial charge on any atom is -0.497 e. The van der Waals surface area contributed by atoms with Crippen LogP contribution in [0.15, 0.2) is 78.9 Å². The number of ether oxygens (including phenoxy) is 1. The number of amides is 1. The van der Waals surface area contributed by atoms with Gasteiger partial charge in [-0.25, -0.2) is 0 Å². The van der Waals surface area contributed by atoms with Crippen molar-refractivity contribution in [3.8, 4) is 5.75 Å². The van der Waals surface area contributed by atoms with E-state index in [2.05, 4.69) is 10.6 Å². The zero-order valence-corrected chi connectivity index (χ0v) is 16.6. The molecule has 0 unspecified atom stereocenters. The highest BCUT2D eigenvalue weighted by Crippen LogP contribution is 2.24. The van der Waals surface area contributed by atoms with Crippen LogP contribution >= 0.6 is 11.6 Å². The highest BCUT2D eigenvalue weighted by molar-refractivity contribution is 6.30. The third kappa shape index (κ3) is 5.12. The summed E-state index contributed by atoms with van der Waals surface area (Å²) in [5, 5.41) is 7.07. The minimum absolute atomic E-state index is 0.0695. The van der Waals surface area contributed by atoms with Crippen molar-refractivity contribution < 1.29 is 9.53 Å². The molecule has 0 bridgehead atoms. The van der Waals surface area contributed by atoms with Gasteiger partial charge in [-0.1, -0.05) is 60.1 Å². The number of rotatable bonds is 7. The minimum atomic E-state index is -0.526. The van der Waals surface area contributed by atoms with Crippen molar-refractivity contribution in [1.82, 2.24) is 5.32 Å². The van der Waals surface area contributed by atoms with Gasteiger partial charge in [-0.3, -0.25) is 10.1 Å². The Kier molecular flexibility index (Phi) is 6.69. The molecule has 0 fully saturated rings. The van der Waals surface area contributed by atoms with Crippen LogP contribution < -0.4 is 15.4 Å². The third-order valence-electron chi connectivity index (χ3n) is 4.50. The Labute approximate surface area is 170 Å². The van der Waals surface area contributed by atoms with Crippen molar-refractivity contribution >= 4 is 23.2 Å². The zero-order valence-electron chi connectivity index (χ0n) is 15.9. The van der Waals surface area contributed by atoms with Crippen LogP contribution in [-0.2, 0) is 4.79 Å². The monoisotopic (exact) mass is 394 g/mol. The predicted octanol–water partition coefficient (Wildman–Crippen LogP) is 5.38. The van der Waals surface area contributed by atoms with Crippen molar-refractivity contribution in [2.45, 2.75) is 19.0 Å². The maximum Gasteiger partial charge on any atom is 0.246 e. The van der Waals surface area contributed by atoms with E-state index in [1.54, 1.807) is 13.2 Å². The molecule has 0 heterocycles. The number of anilines is 1. The molecule has 144 valence electrons. The smallest absolute Gasteiger partial charge is 0.246 e. The first-order chi connectivity index (χ1) is 13.6. The van der Waals surface area contributed by atoms with Crippen molar-refractivity contribution in [2.75, 3.05) is 12.4 Å². The molecule has 0 spiro atoms. The fourth-order valence-electron chi connectivity index (χ4n) is 3.01. The van der Waals surface area contributed by atoms with Gasteiger partial charge in [-0.15, -0.1) is 0 Å². The molecule has 3 aromatic rings. The fourth-order valence-corrected chi connectivity index (χ4v) is 3.20. The summed E-state index contributed by atoms with van der Waals surface area (Å²) in [5.74, 6) is 0.544. The molecule has 0 radical (unpaired) electrons. The van der Waals surface area contributed by atoms with E-state index in [-0.39, 0.29) is 11.9 Å². The molecule has 3 rings (SSSR count). The van der Waals surface area contributed by atoms with Gasteiger partial charge < -0.3 is 10.1 Å². The number of hydrogen-bond acceptors (Lipinski definition) is 3. The van der Waals surface area contributed by atoms with Gasteiger partial charge in [0.2, 0.25) is 5.91 Å². The lowest BCUT2D eigenvalue weighted by Crippen LogP contribution is -2.34. The van der Waals surface area contributed by atoms with Crippen LogP contribution in [0.2, 0.25) is 5.02 Å². The first-order valence-corrected chi connectivity index (χ1v) is 9.46. The van der Waals surface area contributed by atoms with Crippen molar-refractivity contribution in [2.24, 2.45) is 0 Å². The lowest BCUT2D eigenvalue weighted by molar-refractivity contribution is -0.118. The van der Waals surface area contributed by atoms with Crippen LogP contribution in [0.4, 0.5) is 5.69 Å². The largest absolute Gasteiger partial charge is 0.497 e. The lowest BCUT2D eigenvalue weighted by atomic mass is 10.0. The second kappa shape index (κ2) is 9.40. The number of halogens is 1. The van der Waals surface area contributed by atoms with E-state index in [0.29, 0.717) is 16.5 Å². The van der Waals surface area contributed by atoms with Gasteiger partial charge in [0.25, 0.3) is 0 Å². The molecule has 0 saturated heterocycles. The molecular weight excluding hydrogens is 372 g/mol. The van der Waals surface area contributed by atoms with Gasteiger partial charge in [0, 0.05) is 22.8 Å². The van der Waals surface area contributed by atoms with Crippen molar-refractivity contribution in [1.29, 1.82) is 0 Å². The van der Waals surface area contributed by atoms with Gasteiger partial charge >= 0.3 is 0 Å². The second-order valence-corrected chi connectivity index (χ2v) is 6.94. The summed E-state index contributed by atoms with van der Waals surface area (Å²) in [6.07, 6.45) is 0. The van der Waals surface area contributed by atoms with E-state index in [0.717, 1.165) is 11.1 Å². The molecule has 28 heavy (non-hydrogen) atoms. The highest BCUT2D eigenvalue weighted by Gasteiger charge is 2.23. The summed E-state index contributed by atoms with van der Waals surface area (Å²) >= 11 is 6.12. The predicted molar refractivity (Wildman–Crippen MR) is 114 cm³/mol. The average molecular weight is 395 g/mol. The Morgan fingerprint density at radius 1 is 0.929 bits per heavy atom. The summed E-state index contributed by atoms with van der Waals surface area (Å²) in [6.45, 7) is 2.01. The second-order valence-electron chi connectivity index (χ2n) is 6.51. The average Bonchev–Trinajstić information content (AvgIpc) is 2.72. The number of carbonyl (C=O) groups is 1. The molecule has 2 N–H and O–H groups in total. The fraction of sp³-hybridized carbons (Fsp3) is 0.174. The van der Waals surface area contributed by atoms with E-state index < -0.39 is 6.04 Å². The summed E-state index contributed by atoms with van der Waals surface area (Å²) in [4.78, 5) is 13.1. The van der Waals surface area contributed by atoms with Crippen LogP contribution in [0.3, 0.4) is 0 Å². The first kappa shape index (κ1) is 19.9. The van der Waals surface area contributed by atoms with Crippen LogP contribution in [0.25, 0.3) is 0 Å². The quantitative estimate of drug-likeness (QED) is 0.565. The van der Waals surface area contributed by atoms with Crippen LogP contribution in [-0.4, -0.2) is 13.0 Å². The van der Waals surface area contributed by atoms with Crippen LogP contribution in [0.5, 0.6) is 5.75 Å². The van der Waals surface area contributed by atoms with Gasteiger partial charge in [0.05, 0.1) is 7.11 Å². The molecule has 1 amide bonds. The van der Waals surface area contributed by atoms with Crippen LogP contribution in [0, 0.1) is 0 Å². The Morgan fingerprint density at radius 3 is 2.36 bits per heavy atom. The van der Waals surface area contributed by atoms with Gasteiger partial charge in [0.1, 0.15) is 11.8 Å². The summed E-state index contributed by atoms with van der Waals surface area (Å²) in [7, 11) is 1.60. The molecule has 0 saturated carbocycles. The standard InChI is InChI=1S/C23H23ClN2O2/c1-16(18-10-6-11-19(24)14-18)25-22(17-8-4-3-5-9-17)23(27)26-20-12-7-13-21(15-20)28-2/h3-16,22,25H,1-2H3,(H,26,27)/t16-,22+/m0/s1. The summed E-state index contributed by atoms with van der Waals surface area (Å²) in [5.41, 5.74) is 2.59. The van der Waals surface area contributed by atoms with Crippen molar-refractivity contribution in [3.63, 3.8) is 0 Å². The maximum absolute atomic E-state index is 13.1. The van der Waals surface area contributed by atoms with E-state index in [1.165, 1.54) is 0 Å². The first-order valence-electron chi connectivity index (χ1n) is 9.08. The normalized spacial score (nSPS) is 12.8. The Hall–Kier alpha value is -2.82. The third-order valence-corrected chi connectivity index (χ3v) is 4.73. The van der Waals surface area contributed by atoms with Gasteiger partial charge in [-0.05, 0) is 42.3 Å². The van der Waals surface area contributed by atoms with Crippen molar-refractivity contribution in [3.05, 3.63) is 95.0 Å². The molecule has 0 aliphatic carbocycles. The summed E-state index contributed by atoms with van der Waals surface area (Å²) < 4.78 is 5.24. The molecule has 2 atom stereocenters. The Morgan fingerprint density at radius 2 is 1.64 bits per heavy atom. The van der Waals surface area contributed by atoms with Gasteiger partial charge in [-0.2, -0.15) is 0 Å². The molecule has 4 nitrogen and oxygen atoms in total. The number of nitrogens with one attached hydrogen (secondary N) is 2. The lowest BCUT2D eigenvalue weighted by Gasteiger charge is -2.24. The Bertz CT molecular complexity index is 931. The van der Waals surface area contributed by atoms with Crippen LogP contribution in [0.1, 0.15) is 30.1 Å².